The molecule has 126 valence electrons. The maximum atomic E-state index is 12.7. The summed E-state index contributed by atoms with van der Waals surface area (Å²) in [6.07, 6.45) is -0.0725. The van der Waals surface area contributed by atoms with Crippen LogP contribution in [-0.2, 0) is 20.2 Å². The van der Waals surface area contributed by atoms with Crippen molar-refractivity contribution < 1.29 is 18.3 Å². The van der Waals surface area contributed by atoms with Gasteiger partial charge in [-0.2, -0.15) is 9.57 Å². The van der Waals surface area contributed by atoms with Gasteiger partial charge in [0.25, 0.3) is 0 Å². The zero-order valence-corrected chi connectivity index (χ0v) is 14.6. The van der Waals surface area contributed by atoms with E-state index in [4.69, 9.17) is 10.4 Å². The number of nitriles is 1. The highest BCUT2D eigenvalue weighted by molar-refractivity contribution is 7.89. The summed E-state index contributed by atoms with van der Waals surface area (Å²) >= 11 is 0. The molecule has 0 fully saturated rings. The van der Waals surface area contributed by atoms with Gasteiger partial charge in [-0.05, 0) is 30.0 Å². The summed E-state index contributed by atoms with van der Waals surface area (Å²) in [5.74, 6) is -1.25. The Balaban J connectivity index is 3.24. The number of carboxylic acid groups (broad SMARTS) is 1. The van der Waals surface area contributed by atoms with Gasteiger partial charge in [-0.3, -0.25) is 4.79 Å². The minimum absolute atomic E-state index is 0.0246. The average Bonchev–Trinajstić information content (AvgIpc) is 2.46. The van der Waals surface area contributed by atoms with Crippen LogP contribution >= 0.6 is 0 Å². The van der Waals surface area contributed by atoms with Gasteiger partial charge in [0.1, 0.15) is 6.04 Å². The van der Waals surface area contributed by atoms with Gasteiger partial charge in [0.2, 0.25) is 10.0 Å². The lowest BCUT2D eigenvalue weighted by atomic mass is 9.87. The lowest BCUT2D eigenvalue weighted by Crippen LogP contribution is -2.43. The monoisotopic (exact) mass is 338 g/mol. The molecule has 0 heterocycles. The quantitative estimate of drug-likeness (QED) is 0.858. The molecule has 0 aliphatic rings. The smallest absolute Gasteiger partial charge is 0.321 e. The fourth-order valence-corrected chi connectivity index (χ4v) is 3.66. The topological polar surface area (TPSA) is 98.5 Å². The van der Waals surface area contributed by atoms with Crippen LogP contribution in [-0.4, -0.2) is 36.4 Å². The third-order valence-electron chi connectivity index (χ3n) is 3.56. The molecule has 23 heavy (non-hydrogen) atoms. The second-order valence-corrected chi connectivity index (χ2v) is 8.20. The molecular weight excluding hydrogens is 316 g/mol. The third kappa shape index (κ3) is 4.53. The van der Waals surface area contributed by atoms with Crippen molar-refractivity contribution in [3.05, 3.63) is 29.8 Å². The number of hydrogen-bond donors (Lipinski definition) is 1. The fourth-order valence-electron chi connectivity index (χ4n) is 2.07. The summed E-state index contributed by atoms with van der Waals surface area (Å²) in [4.78, 5) is 11.2. The molecule has 0 saturated heterocycles. The highest BCUT2D eigenvalue weighted by Crippen LogP contribution is 2.25. The van der Waals surface area contributed by atoms with E-state index in [0.29, 0.717) is 0 Å². The van der Waals surface area contributed by atoms with Crippen molar-refractivity contribution in [1.29, 1.82) is 5.26 Å². The number of rotatable bonds is 6. The maximum Gasteiger partial charge on any atom is 0.321 e. The van der Waals surface area contributed by atoms with Gasteiger partial charge in [0.15, 0.2) is 0 Å². The molecule has 1 aromatic carbocycles. The molecule has 7 heteroatoms. The molecule has 0 radical (unpaired) electrons. The zero-order chi connectivity index (χ0) is 17.8. The Morgan fingerprint density at radius 1 is 1.30 bits per heavy atom. The Hall–Kier alpha value is -1.91. The summed E-state index contributed by atoms with van der Waals surface area (Å²) in [6, 6.07) is 7.00. The highest BCUT2D eigenvalue weighted by Gasteiger charge is 2.32. The van der Waals surface area contributed by atoms with Crippen LogP contribution in [0.25, 0.3) is 0 Å². The molecule has 1 unspecified atom stereocenters. The molecule has 1 atom stereocenters. The first-order valence-corrected chi connectivity index (χ1v) is 8.68. The first kappa shape index (κ1) is 19.1. The second-order valence-electron chi connectivity index (χ2n) is 6.31. The average molecular weight is 338 g/mol. The Kier molecular flexibility index (Phi) is 5.92. The minimum Gasteiger partial charge on any atom is -0.480 e. The maximum absolute atomic E-state index is 12.7. The molecule has 1 rings (SSSR count). The number of benzene rings is 1. The van der Waals surface area contributed by atoms with Crippen molar-refractivity contribution in [3.8, 4) is 6.07 Å². The zero-order valence-electron chi connectivity index (χ0n) is 13.8. The highest BCUT2D eigenvalue weighted by atomic mass is 32.2. The van der Waals surface area contributed by atoms with E-state index in [2.05, 4.69) is 0 Å². The van der Waals surface area contributed by atoms with E-state index < -0.39 is 22.0 Å². The number of carboxylic acids is 1. The summed E-state index contributed by atoms with van der Waals surface area (Å²) in [5, 5.41) is 17.8. The van der Waals surface area contributed by atoms with Crippen LogP contribution in [0.4, 0.5) is 0 Å². The van der Waals surface area contributed by atoms with Crippen LogP contribution in [0, 0.1) is 11.3 Å². The van der Waals surface area contributed by atoms with Gasteiger partial charge in [0, 0.05) is 13.0 Å². The lowest BCUT2D eigenvalue weighted by Gasteiger charge is -2.25. The van der Waals surface area contributed by atoms with E-state index in [1.807, 2.05) is 26.8 Å². The van der Waals surface area contributed by atoms with Gasteiger partial charge in [-0.25, -0.2) is 8.42 Å². The molecule has 0 bridgehead atoms. The van der Waals surface area contributed by atoms with E-state index in [9.17, 15) is 13.2 Å². The Labute approximate surface area is 137 Å². The van der Waals surface area contributed by atoms with Gasteiger partial charge >= 0.3 is 5.97 Å². The first-order valence-electron chi connectivity index (χ1n) is 7.24. The van der Waals surface area contributed by atoms with E-state index >= 15 is 0 Å². The molecule has 0 aliphatic heterocycles. The summed E-state index contributed by atoms with van der Waals surface area (Å²) in [6.45, 7) is 7.18. The van der Waals surface area contributed by atoms with Crippen molar-refractivity contribution in [2.45, 2.75) is 50.5 Å². The SMILES string of the molecule is CC(C(=O)O)N(CCC#N)S(=O)(=O)c1ccc(C(C)(C)C)cc1. The van der Waals surface area contributed by atoms with E-state index in [1.54, 1.807) is 12.1 Å². The van der Waals surface area contributed by atoms with Crippen molar-refractivity contribution in [3.63, 3.8) is 0 Å². The van der Waals surface area contributed by atoms with E-state index in [-0.39, 0.29) is 23.3 Å². The standard InChI is InChI=1S/C16H22N2O4S/c1-12(15(19)20)18(11-5-10-17)23(21,22)14-8-6-13(7-9-14)16(2,3)4/h6-9,12H,5,11H2,1-4H3,(H,19,20). The van der Waals surface area contributed by atoms with Crippen LogP contribution in [0.15, 0.2) is 29.2 Å². The van der Waals surface area contributed by atoms with Gasteiger partial charge in [-0.1, -0.05) is 32.9 Å². The molecule has 1 N–H and O–H groups in total. The van der Waals surface area contributed by atoms with Crippen LogP contribution in [0.5, 0.6) is 0 Å². The number of nitrogens with zero attached hydrogens (tertiary/aromatic N) is 2. The molecular formula is C16H22N2O4S. The largest absolute Gasteiger partial charge is 0.480 e. The number of sulfonamides is 1. The van der Waals surface area contributed by atoms with Crippen molar-refractivity contribution in [2.75, 3.05) is 6.54 Å². The summed E-state index contributed by atoms with van der Waals surface area (Å²) in [5.41, 5.74) is 0.864. The first-order chi connectivity index (χ1) is 10.5. The lowest BCUT2D eigenvalue weighted by molar-refractivity contribution is -0.140. The molecule has 6 nitrogen and oxygen atoms in total. The second kappa shape index (κ2) is 7.11. The molecule has 0 aliphatic carbocycles. The summed E-state index contributed by atoms with van der Waals surface area (Å²) < 4.78 is 26.2. The molecule has 0 amide bonds. The Morgan fingerprint density at radius 3 is 2.22 bits per heavy atom. The van der Waals surface area contributed by atoms with Crippen LogP contribution in [0.2, 0.25) is 0 Å². The van der Waals surface area contributed by atoms with Crippen molar-refractivity contribution in [1.82, 2.24) is 4.31 Å². The van der Waals surface area contributed by atoms with Gasteiger partial charge in [-0.15, -0.1) is 0 Å². The van der Waals surface area contributed by atoms with Gasteiger partial charge in [0.05, 0.1) is 11.0 Å². The molecule has 1 aromatic rings. The summed E-state index contributed by atoms with van der Waals surface area (Å²) in [7, 11) is -3.98. The molecule has 0 aromatic heterocycles. The number of carbonyl (C=O) groups is 1. The predicted molar refractivity (Wildman–Crippen MR) is 86.4 cm³/mol. The van der Waals surface area contributed by atoms with E-state index in [1.165, 1.54) is 19.1 Å². The molecule has 0 saturated carbocycles. The van der Waals surface area contributed by atoms with Crippen LogP contribution in [0.3, 0.4) is 0 Å². The normalized spacial score (nSPS) is 13.6. The predicted octanol–water partition coefficient (Wildman–Crippen LogP) is 2.36. The minimum atomic E-state index is -3.98. The van der Waals surface area contributed by atoms with Gasteiger partial charge < -0.3 is 5.11 Å². The van der Waals surface area contributed by atoms with Crippen LogP contribution in [0.1, 0.15) is 39.7 Å². The van der Waals surface area contributed by atoms with Crippen molar-refractivity contribution in [2.24, 2.45) is 0 Å². The Morgan fingerprint density at radius 2 is 1.83 bits per heavy atom. The van der Waals surface area contributed by atoms with E-state index in [0.717, 1.165) is 9.87 Å². The van der Waals surface area contributed by atoms with Crippen LogP contribution < -0.4 is 0 Å². The van der Waals surface area contributed by atoms with Crippen molar-refractivity contribution >= 4 is 16.0 Å². The number of hydrogen-bond acceptors (Lipinski definition) is 4. The number of aliphatic carboxylic acids is 1. The Bertz CT molecular complexity index is 697. The molecule has 0 spiro atoms. The third-order valence-corrected chi connectivity index (χ3v) is 5.54. The fraction of sp³-hybridized carbons (Fsp3) is 0.500.